The number of ether oxygens (including phenoxy) is 1. The predicted molar refractivity (Wildman–Crippen MR) is 141 cm³/mol. The van der Waals surface area contributed by atoms with E-state index in [2.05, 4.69) is 35.5 Å². The molecule has 2 aliphatic heterocycles. The van der Waals surface area contributed by atoms with Crippen LogP contribution in [0.4, 0.5) is 29.4 Å². The Kier molecular flexibility index (Phi) is 7.70. The number of urea groups is 1. The molecule has 2 fully saturated rings. The highest BCUT2D eigenvalue weighted by atomic mass is 32.1. The number of thiazole rings is 1. The van der Waals surface area contributed by atoms with E-state index in [4.69, 9.17) is 4.74 Å². The van der Waals surface area contributed by atoms with E-state index in [-0.39, 0.29) is 36.1 Å². The van der Waals surface area contributed by atoms with Gasteiger partial charge in [-0.3, -0.25) is 5.32 Å². The number of alkyl halides is 2. The Morgan fingerprint density at radius 2 is 1.95 bits per heavy atom. The predicted octanol–water partition coefficient (Wildman–Crippen LogP) is 3.04. The minimum absolute atomic E-state index is 0.00912. The van der Waals surface area contributed by atoms with Gasteiger partial charge in [-0.1, -0.05) is 11.3 Å². The van der Waals surface area contributed by atoms with Gasteiger partial charge in [-0.15, -0.1) is 0 Å². The molecule has 0 spiro atoms. The van der Waals surface area contributed by atoms with Crippen LogP contribution < -0.4 is 20.3 Å². The lowest BCUT2D eigenvalue weighted by Gasteiger charge is -2.42. The topological polar surface area (TPSA) is 129 Å². The van der Waals surface area contributed by atoms with E-state index in [0.717, 1.165) is 35.5 Å². The standard InChI is InChI=1S/C24H29F2N9O3S/c1-33-11-6-15(7-12-33)29-23(37)38-18-5-10-28-20(30-18)35-13-8-24(25,26)17(14-35)34(2)22(36)32-21-31-19-16(39-21)4-3-9-27-19/h3-5,9-10,15,17H,6-8,11-14H2,1-2H3,(H,29,37)(H,27,31,32,36)/t17-/m0/s1. The van der Waals surface area contributed by atoms with E-state index >= 15 is 0 Å². The summed E-state index contributed by atoms with van der Waals surface area (Å²) in [6.45, 7) is 1.51. The van der Waals surface area contributed by atoms with Crippen molar-refractivity contribution in [3.8, 4) is 5.88 Å². The molecule has 208 valence electrons. The van der Waals surface area contributed by atoms with Gasteiger partial charge >= 0.3 is 12.1 Å². The Bertz CT molecular complexity index is 1300. The highest BCUT2D eigenvalue weighted by molar-refractivity contribution is 7.22. The first kappa shape index (κ1) is 26.9. The number of nitrogens with one attached hydrogen (secondary N) is 2. The number of aromatic nitrogens is 4. The Morgan fingerprint density at radius 3 is 2.72 bits per heavy atom. The number of pyridine rings is 1. The van der Waals surface area contributed by atoms with Crippen molar-refractivity contribution in [3.63, 3.8) is 0 Å². The summed E-state index contributed by atoms with van der Waals surface area (Å²) in [4.78, 5) is 46.8. The minimum atomic E-state index is -3.14. The fourth-order valence-corrected chi connectivity index (χ4v) is 5.42. The second-order valence-corrected chi connectivity index (χ2v) is 10.7. The van der Waals surface area contributed by atoms with Crippen LogP contribution >= 0.6 is 11.3 Å². The van der Waals surface area contributed by atoms with Gasteiger partial charge < -0.3 is 24.8 Å². The number of hydrogen-bond acceptors (Lipinski definition) is 10. The van der Waals surface area contributed by atoms with Gasteiger partial charge in [0.25, 0.3) is 5.92 Å². The van der Waals surface area contributed by atoms with Gasteiger partial charge in [-0.25, -0.2) is 28.3 Å². The van der Waals surface area contributed by atoms with Crippen molar-refractivity contribution < 1.29 is 23.1 Å². The molecule has 0 radical (unpaired) electrons. The van der Waals surface area contributed by atoms with Crippen LogP contribution in [0.25, 0.3) is 10.3 Å². The van der Waals surface area contributed by atoms with E-state index in [1.54, 1.807) is 17.2 Å². The van der Waals surface area contributed by atoms with Gasteiger partial charge in [0, 0.05) is 51.1 Å². The lowest BCUT2D eigenvalue weighted by molar-refractivity contribution is -0.0760. The van der Waals surface area contributed by atoms with E-state index < -0.39 is 30.5 Å². The molecule has 2 aliphatic rings. The lowest BCUT2D eigenvalue weighted by atomic mass is 10.00. The molecular weight excluding hydrogens is 532 g/mol. The molecule has 3 aromatic heterocycles. The van der Waals surface area contributed by atoms with Crippen LogP contribution in [0, 0.1) is 0 Å². The largest absolute Gasteiger partial charge is 0.414 e. The number of anilines is 2. The van der Waals surface area contributed by atoms with Crippen LogP contribution in [0.2, 0.25) is 0 Å². The number of piperidine rings is 2. The van der Waals surface area contributed by atoms with E-state index in [1.165, 1.54) is 30.6 Å². The summed E-state index contributed by atoms with van der Waals surface area (Å²) in [7, 11) is 3.35. The first-order chi connectivity index (χ1) is 18.7. The zero-order valence-corrected chi connectivity index (χ0v) is 22.3. The molecule has 5 heterocycles. The molecule has 0 aliphatic carbocycles. The number of likely N-dealkylation sites (N-methyl/N-ethyl adjacent to an activating group) is 1. The van der Waals surface area contributed by atoms with Gasteiger partial charge in [0.05, 0.1) is 4.70 Å². The highest BCUT2D eigenvalue weighted by Crippen LogP contribution is 2.33. The van der Waals surface area contributed by atoms with Crippen molar-refractivity contribution in [2.45, 2.75) is 37.3 Å². The molecule has 12 nitrogen and oxygen atoms in total. The van der Waals surface area contributed by atoms with Crippen LogP contribution in [-0.4, -0.2) is 100 Å². The number of amides is 3. The molecule has 5 rings (SSSR count). The molecule has 0 aromatic carbocycles. The van der Waals surface area contributed by atoms with Crippen molar-refractivity contribution >= 4 is 44.9 Å². The van der Waals surface area contributed by atoms with Crippen LogP contribution in [0.1, 0.15) is 19.3 Å². The fourth-order valence-electron chi connectivity index (χ4n) is 4.60. The average Bonchev–Trinajstić information content (AvgIpc) is 3.32. The van der Waals surface area contributed by atoms with E-state index in [0.29, 0.717) is 5.65 Å². The van der Waals surface area contributed by atoms with E-state index in [9.17, 15) is 18.4 Å². The number of carbonyl (C=O) groups excluding carboxylic acids is 2. The lowest BCUT2D eigenvalue weighted by Crippen LogP contribution is -2.60. The number of halogens is 2. The third-order valence-electron chi connectivity index (χ3n) is 6.90. The van der Waals surface area contributed by atoms with E-state index in [1.807, 2.05) is 13.1 Å². The zero-order valence-electron chi connectivity index (χ0n) is 21.5. The molecule has 2 N–H and O–H groups in total. The first-order valence-corrected chi connectivity index (χ1v) is 13.4. The molecule has 1 atom stereocenters. The van der Waals surface area contributed by atoms with Gasteiger partial charge in [-0.2, -0.15) is 9.97 Å². The summed E-state index contributed by atoms with van der Waals surface area (Å²) in [6, 6.07) is 2.83. The SMILES string of the molecule is CN1CCC(NC(=O)Oc2ccnc(N3CCC(F)(F)[C@@H](N(C)C(=O)Nc4nc5ncccc5s4)C3)n2)CC1. The molecule has 3 amide bonds. The quantitative estimate of drug-likeness (QED) is 0.483. The molecular formula is C24H29F2N9O3S. The van der Waals surface area contributed by atoms with Gasteiger partial charge in [0.1, 0.15) is 6.04 Å². The zero-order chi connectivity index (χ0) is 27.6. The molecule has 0 bridgehead atoms. The van der Waals surface area contributed by atoms with Crippen molar-refractivity contribution in [2.24, 2.45) is 0 Å². The molecule has 0 saturated carbocycles. The number of likely N-dealkylation sites (tertiary alicyclic amines) is 1. The number of fused-ring (bicyclic) bond motifs is 1. The Balaban J connectivity index is 1.22. The molecule has 2 saturated heterocycles. The smallest absolute Gasteiger partial charge is 0.391 e. The third kappa shape index (κ3) is 6.30. The average molecular weight is 562 g/mol. The van der Waals surface area contributed by atoms with Gasteiger partial charge in [0.15, 0.2) is 10.8 Å². The summed E-state index contributed by atoms with van der Waals surface area (Å²) in [5.41, 5.74) is 0.467. The Labute approximate surface area is 227 Å². The van der Waals surface area contributed by atoms with Crippen LogP contribution in [0.3, 0.4) is 0 Å². The van der Waals surface area contributed by atoms with Crippen molar-refractivity contribution in [1.82, 2.24) is 35.1 Å². The number of nitrogens with zero attached hydrogens (tertiary/aromatic N) is 7. The summed E-state index contributed by atoms with van der Waals surface area (Å²) in [5, 5.41) is 5.70. The summed E-state index contributed by atoms with van der Waals surface area (Å²) < 4.78 is 36.1. The van der Waals surface area contributed by atoms with Crippen molar-refractivity contribution in [3.05, 3.63) is 30.6 Å². The first-order valence-electron chi connectivity index (χ1n) is 12.6. The maximum Gasteiger partial charge on any atom is 0.414 e. The number of carbonyl (C=O) groups is 2. The molecule has 0 unspecified atom stereocenters. The van der Waals surface area contributed by atoms with Crippen molar-refractivity contribution in [2.75, 3.05) is 50.5 Å². The molecule has 15 heteroatoms. The van der Waals surface area contributed by atoms with Gasteiger partial charge in [-0.05, 0) is 45.1 Å². The second kappa shape index (κ2) is 11.2. The van der Waals surface area contributed by atoms with Crippen LogP contribution in [-0.2, 0) is 0 Å². The summed E-state index contributed by atoms with van der Waals surface area (Å²) in [5.74, 6) is -3.00. The maximum atomic E-state index is 15.0. The summed E-state index contributed by atoms with van der Waals surface area (Å²) >= 11 is 1.21. The fraction of sp³-hybridized carbons (Fsp3) is 0.500. The number of hydrogen-bond donors (Lipinski definition) is 2. The van der Waals surface area contributed by atoms with Crippen molar-refractivity contribution in [1.29, 1.82) is 0 Å². The van der Waals surface area contributed by atoms with Gasteiger partial charge in [0.2, 0.25) is 11.8 Å². The van der Waals surface area contributed by atoms with Crippen LogP contribution in [0.15, 0.2) is 30.6 Å². The third-order valence-corrected chi connectivity index (χ3v) is 7.83. The number of rotatable bonds is 5. The monoisotopic (exact) mass is 561 g/mol. The molecule has 39 heavy (non-hydrogen) atoms. The normalized spacial score (nSPS) is 20.0. The summed E-state index contributed by atoms with van der Waals surface area (Å²) in [6.07, 6.45) is 3.49. The Morgan fingerprint density at radius 1 is 1.15 bits per heavy atom. The van der Waals surface area contributed by atoms with Crippen LogP contribution in [0.5, 0.6) is 5.88 Å². The highest BCUT2D eigenvalue weighted by Gasteiger charge is 2.48. The molecule has 3 aromatic rings. The second-order valence-electron chi connectivity index (χ2n) is 9.66. The minimum Gasteiger partial charge on any atom is -0.391 e. The maximum absolute atomic E-state index is 15.0. The Hall–Kier alpha value is -3.72.